The lowest BCUT2D eigenvalue weighted by Crippen LogP contribution is -2.37. The van der Waals surface area contributed by atoms with Crippen LogP contribution in [0.1, 0.15) is 31.2 Å². The molecule has 1 aliphatic heterocycles. The maximum absolute atomic E-state index is 12.2. The molecular formula is C16H23ClN2O2. The minimum atomic E-state index is -0.00346. The third-order valence-electron chi connectivity index (χ3n) is 4.01. The van der Waals surface area contributed by atoms with Crippen LogP contribution in [0.25, 0.3) is 0 Å². The Morgan fingerprint density at radius 1 is 1.52 bits per heavy atom. The minimum Gasteiger partial charge on any atom is -0.396 e. The Bertz CT molecular complexity index is 493. The van der Waals surface area contributed by atoms with E-state index in [1.54, 1.807) is 6.07 Å². The molecule has 1 atom stereocenters. The summed E-state index contributed by atoms with van der Waals surface area (Å²) >= 11 is 5.97. The van der Waals surface area contributed by atoms with Gasteiger partial charge in [-0.1, -0.05) is 17.7 Å². The van der Waals surface area contributed by atoms with Crippen molar-refractivity contribution in [1.29, 1.82) is 0 Å². The number of benzene rings is 1. The van der Waals surface area contributed by atoms with Crippen molar-refractivity contribution >= 4 is 23.2 Å². The smallest absolute Gasteiger partial charge is 0.238 e. The largest absolute Gasteiger partial charge is 0.396 e. The molecule has 1 amide bonds. The highest BCUT2D eigenvalue weighted by atomic mass is 35.5. The molecule has 1 aliphatic rings. The van der Waals surface area contributed by atoms with E-state index in [9.17, 15) is 4.79 Å². The van der Waals surface area contributed by atoms with Gasteiger partial charge in [0, 0.05) is 23.4 Å². The Morgan fingerprint density at radius 3 is 3.10 bits per heavy atom. The molecule has 1 saturated heterocycles. The van der Waals surface area contributed by atoms with Crippen LogP contribution in [0.4, 0.5) is 5.69 Å². The number of carbonyl (C=O) groups is 1. The number of nitrogens with one attached hydrogen (secondary N) is 1. The number of hydrogen-bond acceptors (Lipinski definition) is 3. The van der Waals surface area contributed by atoms with Gasteiger partial charge in [0.2, 0.25) is 5.91 Å². The standard InChI is InChI=1S/C16H23ClN2O2/c1-12-6-7-13(17)10-15(12)18-16(21)11-19-8-2-4-14(19)5-3-9-20/h6-7,10,14,20H,2-5,8-9,11H2,1H3,(H,18,21). The topological polar surface area (TPSA) is 52.6 Å². The lowest BCUT2D eigenvalue weighted by Gasteiger charge is -2.23. The van der Waals surface area contributed by atoms with Crippen molar-refractivity contribution in [3.63, 3.8) is 0 Å². The summed E-state index contributed by atoms with van der Waals surface area (Å²) in [5.41, 5.74) is 1.78. The van der Waals surface area contributed by atoms with Crippen molar-refractivity contribution in [2.75, 3.05) is 25.0 Å². The third-order valence-corrected chi connectivity index (χ3v) is 4.25. The van der Waals surface area contributed by atoms with Crippen LogP contribution in [0, 0.1) is 6.92 Å². The molecule has 116 valence electrons. The Labute approximate surface area is 131 Å². The lowest BCUT2D eigenvalue weighted by molar-refractivity contribution is -0.117. The van der Waals surface area contributed by atoms with Crippen LogP contribution >= 0.6 is 11.6 Å². The third kappa shape index (κ3) is 4.70. The number of nitrogens with zero attached hydrogens (tertiary/aromatic N) is 1. The van der Waals surface area contributed by atoms with Gasteiger partial charge in [-0.3, -0.25) is 9.69 Å². The number of aliphatic hydroxyl groups excluding tert-OH is 1. The van der Waals surface area contributed by atoms with E-state index in [1.165, 1.54) is 0 Å². The molecule has 4 nitrogen and oxygen atoms in total. The number of halogens is 1. The zero-order valence-corrected chi connectivity index (χ0v) is 13.2. The molecule has 1 unspecified atom stereocenters. The summed E-state index contributed by atoms with van der Waals surface area (Å²) in [7, 11) is 0. The molecule has 1 fully saturated rings. The van der Waals surface area contributed by atoms with Crippen LogP contribution in [0.3, 0.4) is 0 Å². The summed E-state index contributed by atoms with van der Waals surface area (Å²) in [4.78, 5) is 14.4. The fraction of sp³-hybridized carbons (Fsp3) is 0.562. The first-order chi connectivity index (χ1) is 10.1. The number of hydrogen-bond donors (Lipinski definition) is 2. The van der Waals surface area contributed by atoms with Gasteiger partial charge in [-0.2, -0.15) is 0 Å². The second-order valence-electron chi connectivity index (χ2n) is 5.64. The molecule has 2 rings (SSSR count). The maximum Gasteiger partial charge on any atom is 0.238 e. The molecule has 0 bridgehead atoms. The predicted octanol–water partition coefficient (Wildman–Crippen LogP) is 2.82. The summed E-state index contributed by atoms with van der Waals surface area (Å²) in [6.45, 7) is 3.53. The van der Waals surface area contributed by atoms with E-state index >= 15 is 0 Å². The number of carbonyl (C=O) groups excluding carboxylic acids is 1. The van der Waals surface area contributed by atoms with Crippen LogP contribution < -0.4 is 5.32 Å². The van der Waals surface area contributed by atoms with E-state index in [4.69, 9.17) is 16.7 Å². The van der Waals surface area contributed by atoms with Crippen molar-refractivity contribution in [3.05, 3.63) is 28.8 Å². The average Bonchev–Trinajstić information content (AvgIpc) is 2.87. The average molecular weight is 311 g/mol. The normalized spacial score (nSPS) is 18.9. The fourth-order valence-corrected chi connectivity index (χ4v) is 3.03. The maximum atomic E-state index is 12.2. The first kappa shape index (κ1) is 16.3. The van der Waals surface area contributed by atoms with E-state index in [0.29, 0.717) is 17.6 Å². The highest BCUT2D eigenvalue weighted by Gasteiger charge is 2.25. The molecule has 0 aromatic heterocycles. The first-order valence-corrected chi connectivity index (χ1v) is 7.89. The van der Waals surface area contributed by atoms with Gasteiger partial charge < -0.3 is 10.4 Å². The van der Waals surface area contributed by atoms with Crippen LogP contribution in [-0.2, 0) is 4.79 Å². The molecular weight excluding hydrogens is 288 g/mol. The van der Waals surface area contributed by atoms with E-state index in [1.807, 2.05) is 19.1 Å². The fourth-order valence-electron chi connectivity index (χ4n) is 2.86. The van der Waals surface area contributed by atoms with Gasteiger partial charge in [0.1, 0.15) is 0 Å². The van der Waals surface area contributed by atoms with Crippen molar-refractivity contribution in [2.24, 2.45) is 0 Å². The molecule has 1 heterocycles. The Morgan fingerprint density at radius 2 is 2.33 bits per heavy atom. The molecule has 2 N–H and O–H groups in total. The number of aryl methyl sites for hydroxylation is 1. The van der Waals surface area contributed by atoms with Crippen molar-refractivity contribution in [1.82, 2.24) is 4.90 Å². The van der Waals surface area contributed by atoms with E-state index in [0.717, 1.165) is 43.5 Å². The van der Waals surface area contributed by atoms with Gasteiger partial charge in [0.15, 0.2) is 0 Å². The first-order valence-electron chi connectivity index (χ1n) is 7.51. The molecule has 1 aromatic carbocycles. The van der Waals surface area contributed by atoms with E-state index in [2.05, 4.69) is 10.2 Å². The van der Waals surface area contributed by atoms with E-state index < -0.39 is 0 Å². The highest BCUT2D eigenvalue weighted by Crippen LogP contribution is 2.22. The van der Waals surface area contributed by atoms with Crippen molar-refractivity contribution in [2.45, 2.75) is 38.6 Å². The monoisotopic (exact) mass is 310 g/mol. The molecule has 0 radical (unpaired) electrons. The minimum absolute atomic E-state index is 0.00346. The highest BCUT2D eigenvalue weighted by molar-refractivity contribution is 6.31. The molecule has 1 aromatic rings. The van der Waals surface area contributed by atoms with Gasteiger partial charge in [-0.05, 0) is 56.8 Å². The van der Waals surface area contributed by atoms with Crippen LogP contribution in [0.2, 0.25) is 5.02 Å². The molecule has 5 heteroatoms. The van der Waals surface area contributed by atoms with Crippen molar-refractivity contribution < 1.29 is 9.90 Å². The number of rotatable bonds is 6. The zero-order chi connectivity index (χ0) is 15.2. The van der Waals surface area contributed by atoms with Crippen LogP contribution in [0.15, 0.2) is 18.2 Å². The molecule has 0 aliphatic carbocycles. The number of amides is 1. The van der Waals surface area contributed by atoms with Crippen LogP contribution in [-0.4, -0.2) is 41.7 Å². The van der Waals surface area contributed by atoms with Crippen LogP contribution in [0.5, 0.6) is 0 Å². The second-order valence-corrected chi connectivity index (χ2v) is 6.08. The summed E-state index contributed by atoms with van der Waals surface area (Å²) in [5.74, 6) is -0.00346. The quantitative estimate of drug-likeness (QED) is 0.849. The Kier molecular flexibility index (Phi) is 6.03. The number of anilines is 1. The predicted molar refractivity (Wildman–Crippen MR) is 85.7 cm³/mol. The van der Waals surface area contributed by atoms with Gasteiger partial charge in [0.05, 0.1) is 6.54 Å². The molecule has 21 heavy (non-hydrogen) atoms. The lowest BCUT2D eigenvalue weighted by atomic mass is 10.1. The molecule has 0 saturated carbocycles. The van der Waals surface area contributed by atoms with Gasteiger partial charge in [-0.15, -0.1) is 0 Å². The summed E-state index contributed by atoms with van der Waals surface area (Å²) in [6, 6.07) is 5.92. The number of aliphatic hydroxyl groups is 1. The zero-order valence-electron chi connectivity index (χ0n) is 12.4. The summed E-state index contributed by atoms with van der Waals surface area (Å²) < 4.78 is 0. The van der Waals surface area contributed by atoms with Gasteiger partial charge in [0.25, 0.3) is 0 Å². The Balaban J connectivity index is 1.90. The molecule has 0 spiro atoms. The van der Waals surface area contributed by atoms with Gasteiger partial charge in [-0.25, -0.2) is 0 Å². The summed E-state index contributed by atoms with van der Waals surface area (Å²) in [5, 5.41) is 12.5. The van der Waals surface area contributed by atoms with Gasteiger partial charge >= 0.3 is 0 Å². The van der Waals surface area contributed by atoms with E-state index in [-0.39, 0.29) is 12.5 Å². The SMILES string of the molecule is Cc1ccc(Cl)cc1NC(=O)CN1CCCC1CCCO. The summed E-state index contributed by atoms with van der Waals surface area (Å²) in [6.07, 6.45) is 4.00. The number of likely N-dealkylation sites (tertiary alicyclic amines) is 1. The van der Waals surface area contributed by atoms with Crippen molar-refractivity contribution in [3.8, 4) is 0 Å². The second kappa shape index (κ2) is 7.78. The Hall–Kier alpha value is -1.10.